The predicted molar refractivity (Wildman–Crippen MR) is 56.0 cm³/mol. The van der Waals surface area contributed by atoms with Gasteiger partial charge in [-0.2, -0.15) is 0 Å². The van der Waals surface area contributed by atoms with E-state index in [0.717, 1.165) is 0 Å². The topological polar surface area (TPSA) is 47.3 Å². The highest BCUT2D eigenvalue weighted by molar-refractivity contribution is 7.90. The number of furan rings is 1. The van der Waals surface area contributed by atoms with Gasteiger partial charge in [-0.05, 0) is 18.2 Å². The smallest absolute Gasteiger partial charge is 0.182 e. The second-order valence-corrected chi connectivity index (χ2v) is 5.19. The van der Waals surface area contributed by atoms with Crippen molar-refractivity contribution in [3.8, 4) is 0 Å². The van der Waals surface area contributed by atoms with Crippen molar-refractivity contribution in [2.45, 2.75) is 10.6 Å². The molecular formula is C11H10O3S. The van der Waals surface area contributed by atoms with Crippen molar-refractivity contribution in [3.05, 3.63) is 54.5 Å². The van der Waals surface area contributed by atoms with Gasteiger partial charge in [-0.3, -0.25) is 0 Å². The first kappa shape index (κ1) is 9.98. The van der Waals surface area contributed by atoms with E-state index in [1.54, 1.807) is 36.4 Å². The molecule has 0 spiro atoms. The molecule has 2 rings (SSSR count). The molecule has 0 saturated heterocycles. The Labute approximate surface area is 88.3 Å². The predicted octanol–water partition coefficient (Wildman–Crippen LogP) is 2.25. The van der Waals surface area contributed by atoms with Crippen LogP contribution in [0.2, 0.25) is 0 Å². The van der Waals surface area contributed by atoms with Crippen LogP contribution >= 0.6 is 0 Å². The first-order valence-corrected chi connectivity index (χ1v) is 6.12. The van der Waals surface area contributed by atoms with Crippen LogP contribution in [0.5, 0.6) is 0 Å². The van der Waals surface area contributed by atoms with Gasteiger partial charge in [0.15, 0.2) is 9.84 Å². The lowest BCUT2D eigenvalue weighted by Crippen LogP contribution is -2.03. The second-order valence-electron chi connectivity index (χ2n) is 3.20. The van der Waals surface area contributed by atoms with Crippen LogP contribution in [0.3, 0.4) is 0 Å². The first-order valence-electron chi connectivity index (χ1n) is 4.47. The summed E-state index contributed by atoms with van der Waals surface area (Å²) in [6.07, 6.45) is 2.91. The summed E-state index contributed by atoms with van der Waals surface area (Å²) in [6, 6.07) is 10.0. The Morgan fingerprint density at radius 1 is 1.07 bits per heavy atom. The largest absolute Gasteiger partial charge is 0.472 e. The van der Waals surface area contributed by atoms with E-state index in [0.29, 0.717) is 10.5 Å². The molecule has 2 aromatic rings. The molecule has 0 fully saturated rings. The Bertz CT molecular complexity index is 512. The van der Waals surface area contributed by atoms with Crippen LogP contribution in [0.4, 0.5) is 0 Å². The van der Waals surface area contributed by atoms with E-state index < -0.39 is 9.84 Å². The number of rotatable bonds is 3. The summed E-state index contributed by atoms with van der Waals surface area (Å²) in [4.78, 5) is 0.339. The van der Waals surface area contributed by atoms with Crippen molar-refractivity contribution in [1.82, 2.24) is 0 Å². The molecule has 15 heavy (non-hydrogen) atoms. The molecule has 0 radical (unpaired) electrons. The molecule has 1 aromatic heterocycles. The second kappa shape index (κ2) is 3.90. The summed E-state index contributed by atoms with van der Waals surface area (Å²) in [5, 5.41) is 0. The van der Waals surface area contributed by atoms with Crippen LogP contribution < -0.4 is 0 Å². The molecule has 0 saturated carbocycles. The summed E-state index contributed by atoms with van der Waals surface area (Å²) in [5.74, 6) is -0.0203. The fourth-order valence-corrected chi connectivity index (χ4v) is 2.65. The summed E-state index contributed by atoms with van der Waals surface area (Å²) in [7, 11) is -3.24. The molecule has 0 unspecified atom stereocenters. The van der Waals surface area contributed by atoms with Gasteiger partial charge in [0.05, 0.1) is 23.2 Å². The molecule has 0 aliphatic heterocycles. The molecule has 0 aliphatic carbocycles. The summed E-state index contributed by atoms with van der Waals surface area (Å²) in [5.41, 5.74) is 0.666. The van der Waals surface area contributed by atoms with E-state index in [1.165, 1.54) is 12.5 Å². The van der Waals surface area contributed by atoms with Gasteiger partial charge in [-0.15, -0.1) is 0 Å². The van der Waals surface area contributed by atoms with Crippen molar-refractivity contribution < 1.29 is 12.8 Å². The fourth-order valence-electron chi connectivity index (χ4n) is 1.31. The Morgan fingerprint density at radius 2 is 1.80 bits per heavy atom. The summed E-state index contributed by atoms with van der Waals surface area (Å²) < 4.78 is 28.5. The quantitative estimate of drug-likeness (QED) is 0.800. The van der Waals surface area contributed by atoms with Gasteiger partial charge in [0.2, 0.25) is 0 Å². The number of hydrogen-bond acceptors (Lipinski definition) is 3. The Balaban J connectivity index is 2.29. The van der Waals surface area contributed by atoms with Crippen molar-refractivity contribution in [2.24, 2.45) is 0 Å². The van der Waals surface area contributed by atoms with E-state index in [-0.39, 0.29) is 5.75 Å². The van der Waals surface area contributed by atoms with Crippen molar-refractivity contribution in [1.29, 1.82) is 0 Å². The lowest BCUT2D eigenvalue weighted by Gasteiger charge is -2.01. The van der Waals surface area contributed by atoms with Crippen LogP contribution in [0.25, 0.3) is 0 Å². The number of hydrogen-bond donors (Lipinski definition) is 0. The minimum Gasteiger partial charge on any atom is -0.472 e. The van der Waals surface area contributed by atoms with Gasteiger partial charge in [0.1, 0.15) is 0 Å². The maximum absolute atomic E-state index is 11.9. The van der Waals surface area contributed by atoms with Gasteiger partial charge in [0, 0.05) is 5.56 Å². The zero-order chi connectivity index (χ0) is 10.7. The minimum absolute atomic E-state index is 0.0203. The molecular weight excluding hydrogens is 212 g/mol. The minimum atomic E-state index is -3.24. The first-order chi connectivity index (χ1) is 7.18. The van der Waals surface area contributed by atoms with E-state index >= 15 is 0 Å². The molecule has 0 N–H and O–H groups in total. The average molecular weight is 222 g/mol. The highest BCUT2D eigenvalue weighted by Crippen LogP contribution is 2.15. The van der Waals surface area contributed by atoms with Crippen molar-refractivity contribution >= 4 is 9.84 Å². The molecule has 1 heterocycles. The maximum Gasteiger partial charge on any atom is 0.182 e. The zero-order valence-electron chi connectivity index (χ0n) is 7.96. The summed E-state index contributed by atoms with van der Waals surface area (Å²) >= 11 is 0. The lowest BCUT2D eigenvalue weighted by molar-refractivity contribution is 0.563. The third-order valence-corrected chi connectivity index (χ3v) is 3.74. The number of sulfone groups is 1. The molecule has 1 aromatic carbocycles. The SMILES string of the molecule is O=S(=O)(Cc1ccoc1)c1ccccc1. The van der Waals surface area contributed by atoms with Crippen molar-refractivity contribution in [3.63, 3.8) is 0 Å². The molecule has 4 heteroatoms. The fraction of sp³-hybridized carbons (Fsp3) is 0.0909. The highest BCUT2D eigenvalue weighted by Gasteiger charge is 2.14. The Hall–Kier alpha value is -1.55. The molecule has 0 atom stereocenters. The van der Waals surface area contributed by atoms with E-state index in [4.69, 9.17) is 4.42 Å². The van der Waals surface area contributed by atoms with Gasteiger partial charge in [-0.1, -0.05) is 18.2 Å². The van der Waals surface area contributed by atoms with Gasteiger partial charge < -0.3 is 4.42 Å². The monoisotopic (exact) mass is 222 g/mol. The highest BCUT2D eigenvalue weighted by atomic mass is 32.2. The molecule has 0 bridgehead atoms. The van der Waals surface area contributed by atoms with Crippen LogP contribution in [-0.2, 0) is 15.6 Å². The van der Waals surface area contributed by atoms with E-state index in [1.807, 2.05) is 0 Å². The average Bonchev–Trinajstić information content (AvgIpc) is 2.71. The summed E-state index contributed by atoms with van der Waals surface area (Å²) in [6.45, 7) is 0. The number of benzene rings is 1. The van der Waals surface area contributed by atoms with Gasteiger partial charge in [0.25, 0.3) is 0 Å². The van der Waals surface area contributed by atoms with E-state index in [2.05, 4.69) is 0 Å². The van der Waals surface area contributed by atoms with Crippen LogP contribution in [0.15, 0.2) is 58.2 Å². The third kappa shape index (κ3) is 2.27. The van der Waals surface area contributed by atoms with Gasteiger partial charge >= 0.3 is 0 Å². The standard InChI is InChI=1S/C11H10O3S/c12-15(13,9-10-6-7-14-8-10)11-4-2-1-3-5-11/h1-8H,9H2. The molecule has 3 nitrogen and oxygen atoms in total. The molecule has 0 amide bonds. The van der Waals surface area contributed by atoms with Gasteiger partial charge in [-0.25, -0.2) is 8.42 Å². The van der Waals surface area contributed by atoms with Crippen LogP contribution in [-0.4, -0.2) is 8.42 Å². The normalized spacial score (nSPS) is 11.5. The molecule has 0 aliphatic rings. The molecule has 78 valence electrons. The third-order valence-electron chi connectivity index (χ3n) is 2.04. The Morgan fingerprint density at radius 3 is 2.40 bits per heavy atom. The lowest BCUT2D eigenvalue weighted by atomic mass is 10.4. The Kier molecular flexibility index (Phi) is 2.60. The van der Waals surface area contributed by atoms with Crippen LogP contribution in [0, 0.1) is 0 Å². The zero-order valence-corrected chi connectivity index (χ0v) is 8.78. The van der Waals surface area contributed by atoms with Crippen LogP contribution in [0.1, 0.15) is 5.56 Å². The van der Waals surface area contributed by atoms with Crippen molar-refractivity contribution in [2.75, 3.05) is 0 Å². The van der Waals surface area contributed by atoms with E-state index in [9.17, 15) is 8.42 Å². The maximum atomic E-state index is 11.9.